The fourth-order valence-corrected chi connectivity index (χ4v) is 2.49. The largest absolute Gasteiger partial charge is 0.490 e. The van der Waals surface area contributed by atoms with E-state index in [0.29, 0.717) is 35.3 Å². The minimum atomic E-state index is -0.373. The summed E-state index contributed by atoms with van der Waals surface area (Å²) in [5, 5.41) is 4.37. The fraction of sp³-hybridized carbons (Fsp3) is 0.200. The highest BCUT2D eigenvalue weighted by Crippen LogP contribution is 2.28. The molecule has 1 N–H and O–H groups in total. The molecule has 6 heteroatoms. The molecule has 0 aromatic heterocycles. The summed E-state index contributed by atoms with van der Waals surface area (Å²) in [4.78, 5) is 12.1. The van der Waals surface area contributed by atoms with Crippen LogP contribution in [0.4, 0.5) is 0 Å². The van der Waals surface area contributed by atoms with Gasteiger partial charge in [0, 0.05) is 0 Å². The van der Waals surface area contributed by atoms with Crippen LogP contribution in [0.25, 0.3) is 0 Å². The number of halogens is 1. The molecule has 0 bridgehead atoms. The number of benzene rings is 2. The van der Waals surface area contributed by atoms with Crippen LogP contribution in [0, 0.1) is 6.92 Å². The van der Waals surface area contributed by atoms with Crippen molar-refractivity contribution >= 4 is 23.7 Å². The SMILES string of the molecule is C=CCOc1ccc(/C=N\NC(=O)c2ccc(C)cc2Cl)cc1OCC. The Kier molecular flexibility index (Phi) is 7.24. The van der Waals surface area contributed by atoms with Gasteiger partial charge in [0.05, 0.1) is 23.4 Å². The standard InChI is InChI=1S/C20H21ClN2O3/c1-4-10-26-18-9-7-15(12-19(18)25-5-2)13-22-23-20(24)16-8-6-14(3)11-17(16)21/h4,6-9,11-13H,1,5,10H2,2-3H3,(H,23,24)/b22-13-. The van der Waals surface area contributed by atoms with Gasteiger partial charge in [0.15, 0.2) is 11.5 Å². The highest BCUT2D eigenvalue weighted by Gasteiger charge is 2.09. The van der Waals surface area contributed by atoms with Gasteiger partial charge in [-0.2, -0.15) is 5.10 Å². The second-order valence-electron chi connectivity index (χ2n) is 5.42. The first-order valence-electron chi connectivity index (χ1n) is 8.15. The zero-order chi connectivity index (χ0) is 18.9. The van der Waals surface area contributed by atoms with Crippen molar-refractivity contribution in [3.63, 3.8) is 0 Å². The van der Waals surface area contributed by atoms with Gasteiger partial charge in [0.25, 0.3) is 5.91 Å². The van der Waals surface area contributed by atoms with Gasteiger partial charge in [-0.25, -0.2) is 5.43 Å². The van der Waals surface area contributed by atoms with Crippen molar-refractivity contribution in [2.75, 3.05) is 13.2 Å². The molecule has 0 saturated carbocycles. The normalized spacial score (nSPS) is 10.6. The maximum atomic E-state index is 12.1. The number of nitrogens with zero attached hydrogens (tertiary/aromatic N) is 1. The van der Waals surface area contributed by atoms with Crippen LogP contribution < -0.4 is 14.9 Å². The molecule has 26 heavy (non-hydrogen) atoms. The Morgan fingerprint density at radius 3 is 2.73 bits per heavy atom. The average Bonchev–Trinajstić information content (AvgIpc) is 2.61. The van der Waals surface area contributed by atoms with Crippen LogP contribution in [-0.4, -0.2) is 25.3 Å². The van der Waals surface area contributed by atoms with E-state index < -0.39 is 0 Å². The number of hydrazone groups is 1. The van der Waals surface area contributed by atoms with Crippen LogP contribution in [0.1, 0.15) is 28.4 Å². The van der Waals surface area contributed by atoms with Crippen molar-refractivity contribution in [1.29, 1.82) is 0 Å². The quantitative estimate of drug-likeness (QED) is 0.425. The Morgan fingerprint density at radius 2 is 2.04 bits per heavy atom. The molecule has 0 spiro atoms. The minimum Gasteiger partial charge on any atom is -0.490 e. The van der Waals surface area contributed by atoms with E-state index in [4.69, 9.17) is 21.1 Å². The molecule has 0 aliphatic heterocycles. The van der Waals surface area contributed by atoms with Crippen LogP contribution in [0.15, 0.2) is 54.2 Å². The number of hydrogen-bond donors (Lipinski definition) is 1. The molecule has 0 heterocycles. The number of carbonyl (C=O) groups is 1. The highest BCUT2D eigenvalue weighted by atomic mass is 35.5. The smallest absolute Gasteiger partial charge is 0.272 e. The monoisotopic (exact) mass is 372 g/mol. The Balaban J connectivity index is 2.08. The maximum absolute atomic E-state index is 12.1. The number of ether oxygens (including phenoxy) is 2. The minimum absolute atomic E-state index is 0.373. The molecule has 1 amide bonds. The van der Waals surface area contributed by atoms with Crippen molar-refractivity contribution in [2.45, 2.75) is 13.8 Å². The Labute approximate surface area is 158 Å². The van der Waals surface area contributed by atoms with Gasteiger partial charge in [-0.3, -0.25) is 4.79 Å². The third kappa shape index (κ3) is 5.36. The fourth-order valence-electron chi connectivity index (χ4n) is 2.17. The lowest BCUT2D eigenvalue weighted by Gasteiger charge is -2.11. The number of rotatable bonds is 8. The topological polar surface area (TPSA) is 59.9 Å². The van der Waals surface area contributed by atoms with Crippen LogP contribution in [0.5, 0.6) is 11.5 Å². The third-order valence-corrected chi connectivity index (χ3v) is 3.69. The molecule has 0 unspecified atom stereocenters. The summed E-state index contributed by atoms with van der Waals surface area (Å²) in [6, 6.07) is 10.6. The summed E-state index contributed by atoms with van der Waals surface area (Å²) in [7, 11) is 0. The number of hydrogen-bond acceptors (Lipinski definition) is 4. The van der Waals surface area contributed by atoms with E-state index in [1.165, 1.54) is 6.21 Å². The molecule has 0 radical (unpaired) electrons. The first kappa shape index (κ1) is 19.5. The molecule has 0 saturated heterocycles. The van der Waals surface area contributed by atoms with Crippen LogP contribution >= 0.6 is 11.6 Å². The Morgan fingerprint density at radius 1 is 1.23 bits per heavy atom. The zero-order valence-corrected chi connectivity index (χ0v) is 15.5. The maximum Gasteiger partial charge on any atom is 0.272 e. The van der Waals surface area contributed by atoms with Crippen LogP contribution in [0.2, 0.25) is 5.02 Å². The van der Waals surface area contributed by atoms with Gasteiger partial charge < -0.3 is 9.47 Å². The number of carbonyl (C=O) groups excluding carboxylic acids is 1. The van der Waals surface area contributed by atoms with Gasteiger partial charge in [0.2, 0.25) is 0 Å². The number of amides is 1. The molecule has 2 rings (SSSR count). The summed E-state index contributed by atoms with van der Waals surface area (Å²) in [5.74, 6) is 0.854. The van der Waals surface area contributed by atoms with Crippen molar-refractivity contribution in [3.05, 3.63) is 70.8 Å². The predicted octanol–water partition coefficient (Wildman–Crippen LogP) is 4.38. The summed E-state index contributed by atoms with van der Waals surface area (Å²) < 4.78 is 11.1. The first-order valence-corrected chi connectivity index (χ1v) is 8.53. The summed E-state index contributed by atoms with van der Waals surface area (Å²) in [5.41, 5.74) is 4.58. The molecule has 0 atom stereocenters. The third-order valence-electron chi connectivity index (χ3n) is 3.37. The molecule has 0 aliphatic rings. The predicted molar refractivity (Wildman–Crippen MR) is 105 cm³/mol. The first-order chi connectivity index (χ1) is 12.5. The summed E-state index contributed by atoms with van der Waals surface area (Å²) in [6.07, 6.45) is 3.19. The van der Waals surface area contributed by atoms with Crippen molar-refractivity contribution < 1.29 is 14.3 Å². The van der Waals surface area contributed by atoms with E-state index in [9.17, 15) is 4.79 Å². The average molecular weight is 373 g/mol. The van der Waals surface area contributed by atoms with E-state index in [1.807, 2.05) is 26.0 Å². The lowest BCUT2D eigenvalue weighted by molar-refractivity contribution is 0.0955. The van der Waals surface area contributed by atoms with Crippen LogP contribution in [-0.2, 0) is 0 Å². The lowest BCUT2D eigenvalue weighted by Crippen LogP contribution is -2.18. The molecule has 5 nitrogen and oxygen atoms in total. The van der Waals surface area contributed by atoms with Gasteiger partial charge in [-0.1, -0.05) is 30.3 Å². The number of aryl methyl sites for hydroxylation is 1. The molecule has 0 aliphatic carbocycles. The van der Waals surface area contributed by atoms with Gasteiger partial charge in [0.1, 0.15) is 6.61 Å². The van der Waals surface area contributed by atoms with E-state index >= 15 is 0 Å². The molecule has 0 fully saturated rings. The van der Waals surface area contributed by atoms with Crippen molar-refractivity contribution in [3.8, 4) is 11.5 Å². The van der Waals surface area contributed by atoms with E-state index in [-0.39, 0.29) is 5.91 Å². The highest BCUT2D eigenvalue weighted by molar-refractivity contribution is 6.33. The summed E-state index contributed by atoms with van der Waals surface area (Å²) in [6.45, 7) is 8.32. The molecule has 136 valence electrons. The van der Waals surface area contributed by atoms with Gasteiger partial charge in [-0.15, -0.1) is 0 Å². The van der Waals surface area contributed by atoms with Crippen LogP contribution in [0.3, 0.4) is 0 Å². The second kappa shape index (κ2) is 9.63. The van der Waals surface area contributed by atoms with Crippen molar-refractivity contribution in [1.82, 2.24) is 5.43 Å². The molecule has 2 aromatic carbocycles. The van der Waals surface area contributed by atoms with Gasteiger partial charge in [-0.05, 0) is 55.3 Å². The molecular weight excluding hydrogens is 352 g/mol. The Hall–Kier alpha value is -2.79. The van der Waals surface area contributed by atoms with Crippen molar-refractivity contribution in [2.24, 2.45) is 5.10 Å². The lowest BCUT2D eigenvalue weighted by atomic mass is 10.1. The number of nitrogens with one attached hydrogen (secondary N) is 1. The van der Waals surface area contributed by atoms with E-state index in [1.54, 1.807) is 30.3 Å². The molecule has 2 aromatic rings. The summed E-state index contributed by atoms with van der Waals surface area (Å²) >= 11 is 6.08. The Bertz CT molecular complexity index is 819. The van der Waals surface area contributed by atoms with E-state index in [0.717, 1.165) is 11.1 Å². The zero-order valence-electron chi connectivity index (χ0n) is 14.8. The van der Waals surface area contributed by atoms with E-state index in [2.05, 4.69) is 17.1 Å². The van der Waals surface area contributed by atoms with Gasteiger partial charge >= 0.3 is 0 Å². The molecular formula is C20H21ClN2O3. The second-order valence-corrected chi connectivity index (χ2v) is 5.83.